The molecule has 0 radical (unpaired) electrons. The van der Waals surface area contributed by atoms with Crippen molar-refractivity contribution in [2.75, 3.05) is 5.32 Å². The number of ether oxygens (including phenoxy) is 1. The van der Waals surface area contributed by atoms with Gasteiger partial charge in [0.2, 0.25) is 0 Å². The van der Waals surface area contributed by atoms with Gasteiger partial charge in [0.15, 0.2) is 5.78 Å². The van der Waals surface area contributed by atoms with Gasteiger partial charge in [-0.2, -0.15) is 0 Å². The molecule has 0 aliphatic heterocycles. The average molecular weight is 404 g/mol. The molecule has 0 bridgehead atoms. The molecule has 2 N–H and O–H groups in total. The molecule has 0 saturated heterocycles. The SMILES string of the molecule is CC1(C)CC(=O)c2c([nH]c(-c3ccncc3OC(C)(C)C)c2Nc2ccccc2)C1. The molecule has 0 amide bonds. The summed E-state index contributed by atoms with van der Waals surface area (Å²) in [7, 11) is 0. The number of fused-ring (bicyclic) bond motifs is 1. The average Bonchev–Trinajstić information content (AvgIpc) is 2.98. The van der Waals surface area contributed by atoms with Crippen LogP contribution in [0.2, 0.25) is 0 Å². The summed E-state index contributed by atoms with van der Waals surface area (Å²) < 4.78 is 6.20. The molecule has 0 spiro atoms. The molecule has 30 heavy (non-hydrogen) atoms. The highest BCUT2D eigenvalue weighted by molar-refractivity contribution is 6.08. The predicted molar refractivity (Wildman–Crippen MR) is 121 cm³/mol. The van der Waals surface area contributed by atoms with Crippen LogP contribution in [0.3, 0.4) is 0 Å². The standard InChI is InChI=1S/C25H29N3O2/c1-24(2,3)30-20-15-26-12-11-17(20)22-23(27-16-9-7-6-8-10-16)21-18(28-22)13-25(4,5)14-19(21)29/h6-12,15,27-28H,13-14H2,1-5H3. The lowest BCUT2D eigenvalue weighted by Gasteiger charge is -2.28. The number of ketones is 1. The van der Waals surface area contributed by atoms with Crippen LogP contribution in [0.25, 0.3) is 11.3 Å². The molecule has 0 fully saturated rings. The maximum atomic E-state index is 13.2. The van der Waals surface area contributed by atoms with Crippen LogP contribution in [0.5, 0.6) is 5.75 Å². The van der Waals surface area contributed by atoms with Crippen LogP contribution in [0.15, 0.2) is 48.8 Å². The van der Waals surface area contributed by atoms with E-state index in [9.17, 15) is 4.79 Å². The first-order valence-corrected chi connectivity index (χ1v) is 10.4. The summed E-state index contributed by atoms with van der Waals surface area (Å²) in [4.78, 5) is 21.0. The summed E-state index contributed by atoms with van der Waals surface area (Å²) in [6.45, 7) is 10.3. The first-order chi connectivity index (χ1) is 14.1. The van der Waals surface area contributed by atoms with Crippen molar-refractivity contribution < 1.29 is 9.53 Å². The second kappa shape index (κ2) is 7.31. The molecule has 1 aromatic carbocycles. The number of carbonyl (C=O) groups is 1. The molecule has 1 aliphatic rings. The van der Waals surface area contributed by atoms with Crippen LogP contribution in [0.4, 0.5) is 11.4 Å². The van der Waals surface area contributed by atoms with Crippen molar-refractivity contribution in [3.05, 3.63) is 60.0 Å². The predicted octanol–water partition coefficient (Wildman–Crippen LogP) is 6.15. The van der Waals surface area contributed by atoms with E-state index in [0.29, 0.717) is 12.2 Å². The minimum Gasteiger partial charge on any atom is -0.486 e. The van der Waals surface area contributed by atoms with Gasteiger partial charge in [-0.3, -0.25) is 9.78 Å². The first-order valence-electron chi connectivity index (χ1n) is 10.4. The van der Waals surface area contributed by atoms with E-state index in [4.69, 9.17) is 4.74 Å². The molecule has 3 aromatic rings. The second-order valence-corrected chi connectivity index (χ2v) is 9.75. The molecule has 0 unspecified atom stereocenters. The summed E-state index contributed by atoms with van der Waals surface area (Å²) in [5.41, 5.74) is 4.78. The smallest absolute Gasteiger partial charge is 0.167 e. The van der Waals surface area contributed by atoms with Crippen LogP contribution < -0.4 is 10.1 Å². The van der Waals surface area contributed by atoms with E-state index in [-0.39, 0.29) is 16.8 Å². The topological polar surface area (TPSA) is 67.0 Å². The number of hydrogen-bond acceptors (Lipinski definition) is 4. The van der Waals surface area contributed by atoms with Gasteiger partial charge in [-0.25, -0.2) is 0 Å². The van der Waals surface area contributed by atoms with E-state index >= 15 is 0 Å². The Morgan fingerprint density at radius 1 is 1.10 bits per heavy atom. The molecule has 0 saturated carbocycles. The lowest BCUT2D eigenvalue weighted by molar-refractivity contribution is 0.0912. The van der Waals surface area contributed by atoms with E-state index in [2.05, 4.69) is 29.1 Å². The Morgan fingerprint density at radius 3 is 2.53 bits per heavy atom. The Kier molecular flexibility index (Phi) is 4.92. The Bertz CT molecular complexity index is 1080. The Morgan fingerprint density at radius 2 is 1.83 bits per heavy atom. The van der Waals surface area contributed by atoms with Crippen LogP contribution in [0.1, 0.15) is 57.1 Å². The molecular formula is C25H29N3O2. The number of carbonyl (C=O) groups excluding carboxylic acids is 1. The third kappa shape index (κ3) is 4.11. The summed E-state index contributed by atoms with van der Waals surface area (Å²) in [6, 6.07) is 11.9. The van der Waals surface area contributed by atoms with Crippen LogP contribution in [0, 0.1) is 5.41 Å². The molecule has 2 heterocycles. The Hall–Kier alpha value is -3.08. The van der Waals surface area contributed by atoms with Crippen molar-refractivity contribution in [1.82, 2.24) is 9.97 Å². The highest BCUT2D eigenvalue weighted by atomic mass is 16.5. The van der Waals surface area contributed by atoms with Crippen LogP contribution >= 0.6 is 0 Å². The number of hydrogen-bond donors (Lipinski definition) is 2. The third-order valence-corrected chi connectivity index (χ3v) is 5.16. The van der Waals surface area contributed by atoms with E-state index in [1.54, 1.807) is 12.4 Å². The summed E-state index contributed by atoms with van der Waals surface area (Å²) >= 11 is 0. The number of nitrogens with one attached hydrogen (secondary N) is 2. The maximum Gasteiger partial charge on any atom is 0.167 e. The number of aromatic nitrogens is 2. The van der Waals surface area contributed by atoms with Gasteiger partial charge in [0.1, 0.15) is 11.4 Å². The zero-order valence-electron chi connectivity index (χ0n) is 18.3. The lowest BCUT2D eigenvalue weighted by atomic mass is 9.76. The van der Waals surface area contributed by atoms with Crippen LogP contribution in [-0.4, -0.2) is 21.4 Å². The largest absolute Gasteiger partial charge is 0.486 e. The maximum absolute atomic E-state index is 13.2. The monoisotopic (exact) mass is 403 g/mol. The second-order valence-electron chi connectivity index (χ2n) is 9.75. The fourth-order valence-electron chi connectivity index (χ4n) is 4.05. The normalized spacial score (nSPS) is 15.6. The number of H-pyrrole nitrogens is 1. The third-order valence-electron chi connectivity index (χ3n) is 5.16. The number of aromatic amines is 1. The van der Waals surface area contributed by atoms with Gasteiger partial charge in [0, 0.05) is 29.6 Å². The fourth-order valence-corrected chi connectivity index (χ4v) is 4.05. The van der Waals surface area contributed by atoms with E-state index in [0.717, 1.165) is 40.3 Å². The molecule has 4 rings (SSSR count). The van der Waals surface area contributed by atoms with Gasteiger partial charge in [-0.1, -0.05) is 32.0 Å². The van der Waals surface area contributed by atoms with Gasteiger partial charge < -0.3 is 15.0 Å². The van der Waals surface area contributed by atoms with Crippen molar-refractivity contribution in [3.63, 3.8) is 0 Å². The van der Waals surface area contributed by atoms with Gasteiger partial charge in [0.25, 0.3) is 0 Å². The van der Waals surface area contributed by atoms with Crippen molar-refractivity contribution in [1.29, 1.82) is 0 Å². The van der Waals surface area contributed by atoms with Crippen molar-refractivity contribution in [2.45, 2.75) is 53.1 Å². The number of nitrogens with zero attached hydrogens (tertiary/aromatic N) is 1. The number of para-hydroxylation sites is 1. The minimum atomic E-state index is -0.366. The van der Waals surface area contributed by atoms with E-state index in [1.165, 1.54) is 0 Å². The van der Waals surface area contributed by atoms with Gasteiger partial charge in [-0.15, -0.1) is 0 Å². The Labute approximate surface area is 177 Å². The van der Waals surface area contributed by atoms with Crippen molar-refractivity contribution in [3.8, 4) is 17.0 Å². The molecule has 2 aromatic heterocycles. The zero-order valence-corrected chi connectivity index (χ0v) is 18.3. The first kappa shape index (κ1) is 20.2. The zero-order chi connectivity index (χ0) is 21.5. The van der Waals surface area contributed by atoms with Crippen molar-refractivity contribution >= 4 is 17.2 Å². The summed E-state index contributed by atoms with van der Waals surface area (Å²) in [5.74, 6) is 0.848. The summed E-state index contributed by atoms with van der Waals surface area (Å²) in [5, 5.41) is 3.50. The van der Waals surface area contributed by atoms with Gasteiger partial charge >= 0.3 is 0 Å². The lowest BCUT2D eigenvalue weighted by Crippen LogP contribution is -2.26. The highest BCUT2D eigenvalue weighted by Crippen LogP contribution is 2.45. The van der Waals surface area contributed by atoms with Gasteiger partial charge in [-0.05, 0) is 50.8 Å². The van der Waals surface area contributed by atoms with Gasteiger partial charge in [0.05, 0.1) is 23.1 Å². The molecule has 156 valence electrons. The molecule has 5 nitrogen and oxygen atoms in total. The van der Waals surface area contributed by atoms with E-state index in [1.807, 2.05) is 57.2 Å². The van der Waals surface area contributed by atoms with Crippen molar-refractivity contribution in [2.24, 2.45) is 5.41 Å². The number of anilines is 2. The number of rotatable bonds is 4. The number of pyridine rings is 1. The minimum absolute atomic E-state index is 0.0702. The van der Waals surface area contributed by atoms with Crippen LogP contribution in [-0.2, 0) is 6.42 Å². The molecule has 5 heteroatoms. The summed E-state index contributed by atoms with van der Waals surface area (Å²) in [6.07, 6.45) is 4.84. The number of Topliss-reactive ketones (excluding diaryl/α,β-unsaturated/α-hetero) is 1. The fraction of sp³-hybridized carbons (Fsp3) is 0.360. The Balaban J connectivity index is 1.90. The quantitative estimate of drug-likeness (QED) is 0.548. The van der Waals surface area contributed by atoms with E-state index < -0.39 is 0 Å². The molecule has 0 atom stereocenters. The molecular weight excluding hydrogens is 374 g/mol. The number of benzene rings is 1. The molecule has 1 aliphatic carbocycles. The highest BCUT2D eigenvalue weighted by Gasteiger charge is 2.36.